The minimum absolute atomic E-state index is 0.00227. The smallest absolute Gasteiger partial charge is 0.227 e. The lowest BCUT2D eigenvalue weighted by molar-refractivity contribution is -0.140. The van der Waals surface area contributed by atoms with Crippen molar-refractivity contribution in [3.05, 3.63) is 28.7 Å². The summed E-state index contributed by atoms with van der Waals surface area (Å²) < 4.78 is 0.890. The second kappa shape index (κ2) is 6.82. The number of hydrogen-bond donors (Lipinski definition) is 1. The lowest BCUT2D eigenvalue weighted by atomic mass is 9.83. The van der Waals surface area contributed by atoms with Crippen molar-refractivity contribution in [2.24, 2.45) is 11.8 Å². The minimum Gasteiger partial charge on any atom is -0.342 e. The predicted molar refractivity (Wildman–Crippen MR) is 89.4 cm³/mol. The number of anilines is 1. The number of likely N-dealkylation sites (tertiary alicyclic amines) is 1. The third kappa shape index (κ3) is 3.35. The van der Waals surface area contributed by atoms with Crippen LogP contribution in [-0.2, 0) is 9.59 Å². The Kier molecular flexibility index (Phi) is 4.81. The zero-order chi connectivity index (χ0) is 15.5. The van der Waals surface area contributed by atoms with Crippen LogP contribution in [0, 0.1) is 11.8 Å². The molecule has 0 atom stereocenters. The minimum atomic E-state index is -0.00227. The van der Waals surface area contributed by atoms with Crippen molar-refractivity contribution in [1.29, 1.82) is 0 Å². The summed E-state index contributed by atoms with van der Waals surface area (Å²) in [6, 6.07) is 7.62. The summed E-state index contributed by atoms with van der Waals surface area (Å²) in [6.07, 6.45) is 4.79. The summed E-state index contributed by atoms with van der Waals surface area (Å²) >= 11 is 3.44. The van der Waals surface area contributed by atoms with E-state index in [1.807, 2.05) is 29.2 Å². The molecule has 1 saturated heterocycles. The number of nitrogens with one attached hydrogen (secondary N) is 1. The molecule has 118 valence electrons. The van der Waals surface area contributed by atoms with E-state index in [4.69, 9.17) is 0 Å². The van der Waals surface area contributed by atoms with Gasteiger partial charge in [-0.1, -0.05) is 18.6 Å². The molecule has 1 saturated carbocycles. The maximum Gasteiger partial charge on any atom is 0.227 e. The molecule has 1 aromatic carbocycles. The van der Waals surface area contributed by atoms with Crippen LogP contribution < -0.4 is 5.32 Å². The molecule has 0 unspecified atom stereocenters. The monoisotopic (exact) mass is 364 g/mol. The third-order valence-corrected chi connectivity index (χ3v) is 5.46. The van der Waals surface area contributed by atoms with Gasteiger partial charge in [-0.2, -0.15) is 0 Å². The quantitative estimate of drug-likeness (QED) is 0.892. The summed E-state index contributed by atoms with van der Waals surface area (Å²) in [5.74, 6) is 0.613. The van der Waals surface area contributed by atoms with Crippen LogP contribution >= 0.6 is 15.9 Å². The van der Waals surface area contributed by atoms with Crippen LogP contribution in [0.4, 0.5) is 5.69 Å². The van der Waals surface area contributed by atoms with Gasteiger partial charge < -0.3 is 10.2 Å². The number of halogens is 1. The number of carbonyl (C=O) groups is 2. The van der Waals surface area contributed by atoms with E-state index in [-0.39, 0.29) is 17.7 Å². The SMILES string of the molecule is O=C(Nc1ccccc1Br)C1CCN(C(=O)C2CCC2)CC1. The molecule has 3 rings (SSSR count). The van der Waals surface area contributed by atoms with Crippen LogP contribution in [0.25, 0.3) is 0 Å². The largest absolute Gasteiger partial charge is 0.342 e. The van der Waals surface area contributed by atoms with E-state index < -0.39 is 0 Å². The van der Waals surface area contributed by atoms with Gasteiger partial charge in [0, 0.05) is 29.4 Å². The van der Waals surface area contributed by atoms with Gasteiger partial charge in [-0.25, -0.2) is 0 Å². The summed E-state index contributed by atoms with van der Waals surface area (Å²) in [7, 11) is 0. The molecule has 5 heteroatoms. The van der Waals surface area contributed by atoms with Crippen LogP contribution in [0.5, 0.6) is 0 Å². The standard InChI is InChI=1S/C17H21BrN2O2/c18-14-6-1-2-7-15(14)19-16(21)12-8-10-20(11-9-12)17(22)13-4-3-5-13/h1-2,6-7,12-13H,3-5,8-11H2,(H,19,21). The van der Waals surface area contributed by atoms with E-state index in [2.05, 4.69) is 21.2 Å². The molecule has 1 heterocycles. The highest BCUT2D eigenvalue weighted by Gasteiger charge is 2.33. The van der Waals surface area contributed by atoms with E-state index in [9.17, 15) is 9.59 Å². The van der Waals surface area contributed by atoms with Crippen molar-refractivity contribution >= 4 is 33.4 Å². The fourth-order valence-electron chi connectivity index (χ4n) is 3.07. The number of nitrogens with zero attached hydrogens (tertiary/aromatic N) is 1. The highest BCUT2D eigenvalue weighted by Crippen LogP contribution is 2.30. The fraction of sp³-hybridized carbons (Fsp3) is 0.529. The van der Waals surface area contributed by atoms with Crippen LogP contribution in [0.2, 0.25) is 0 Å². The first-order valence-electron chi connectivity index (χ1n) is 7.99. The molecule has 0 spiro atoms. The molecule has 1 aliphatic carbocycles. The van der Waals surface area contributed by atoms with Gasteiger partial charge in [0.25, 0.3) is 0 Å². The molecule has 1 aromatic rings. The highest BCUT2D eigenvalue weighted by atomic mass is 79.9. The van der Waals surface area contributed by atoms with Crippen molar-refractivity contribution in [3.63, 3.8) is 0 Å². The first kappa shape index (κ1) is 15.5. The number of hydrogen-bond acceptors (Lipinski definition) is 2. The Balaban J connectivity index is 1.51. The average molecular weight is 365 g/mol. The predicted octanol–water partition coefficient (Wildman–Crippen LogP) is 3.43. The zero-order valence-corrected chi connectivity index (χ0v) is 14.1. The molecule has 0 radical (unpaired) electrons. The molecular formula is C17H21BrN2O2. The number of piperidine rings is 1. The van der Waals surface area contributed by atoms with E-state index in [1.165, 1.54) is 6.42 Å². The molecule has 1 aliphatic heterocycles. The van der Waals surface area contributed by atoms with Crippen LogP contribution in [0.1, 0.15) is 32.1 Å². The molecule has 0 aromatic heterocycles. The van der Waals surface area contributed by atoms with Gasteiger partial charge in [0.15, 0.2) is 0 Å². The Hall–Kier alpha value is -1.36. The zero-order valence-electron chi connectivity index (χ0n) is 12.6. The Morgan fingerprint density at radius 2 is 1.73 bits per heavy atom. The summed E-state index contributed by atoms with van der Waals surface area (Å²) in [4.78, 5) is 26.5. The number of carbonyl (C=O) groups excluding carboxylic acids is 2. The summed E-state index contributed by atoms with van der Waals surface area (Å²) in [5.41, 5.74) is 0.806. The summed E-state index contributed by atoms with van der Waals surface area (Å²) in [5, 5.41) is 2.98. The molecule has 22 heavy (non-hydrogen) atoms. The molecular weight excluding hydrogens is 344 g/mol. The van der Waals surface area contributed by atoms with E-state index in [0.29, 0.717) is 19.0 Å². The van der Waals surface area contributed by atoms with Crippen LogP contribution in [-0.4, -0.2) is 29.8 Å². The first-order valence-corrected chi connectivity index (χ1v) is 8.78. The Morgan fingerprint density at radius 3 is 2.32 bits per heavy atom. The maximum absolute atomic E-state index is 12.4. The lowest BCUT2D eigenvalue weighted by Gasteiger charge is -2.36. The van der Waals surface area contributed by atoms with Gasteiger partial charge >= 0.3 is 0 Å². The molecule has 0 bridgehead atoms. The molecule has 1 N–H and O–H groups in total. The molecule has 2 amide bonds. The van der Waals surface area contributed by atoms with Crippen molar-refractivity contribution < 1.29 is 9.59 Å². The van der Waals surface area contributed by atoms with Gasteiger partial charge in [-0.3, -0.25) is 9.59 Å². The second-order valence-electron chi connectivity index (χ2n) is 6.20. The third-order valence-electron chi connectivity index (χ3n) is 4.76. The Labute approximate surface area is 139 Å². The Morgan fingerprint density at radius 1 is 1.05 bits per heavy atom. The lowest BCUT2D eigenvalue weighted by Crippen LogP contribution is -2.45. The average Bonchev–Trinajstić information content (AvgIpc) is 2.48. The summed E-state index contributed by atoms with van der Waals surface area (Å²) in [6.45, 7) is 1.42. The maximum atomic E-state index is 12.4. The molecule has 4 nitrogen and oxygen atoms in total. The fourth-order valence-corrected chi connectivity index (χ4v) is 3.46. The Bertz CT molecular complexity index is 564. The van der Waals surface area contributed by atoms with Gasteiger partial charge in [0.1, 0.15) is 0 Å². The number of amides is 2. The van der Waals surface area contributed by atoms with E-state index in [1.54, 1.807) is 0 Å². The number of rotatable bonds is 3. The van der Waals surface area contributed by atoms with Gasteiger partial charge in [0.2, 0.25) is 11.8 Å². The van der Waals surface area contributed by atoms with Crippen molar-refractivity contribution in [2.45, 2.75) is 32.1 Å². The van der Waals surface area contributed by atoms with Crippen molar-refractivity contribution in [1.82, 2.24) is 4.90 Å². The highest BCUT2D eigenvalue weighted by molar-refractivity contribution is 9.10. The number of para-hydroxylation sites is 1. The number of benzene rings is 1. The van der Waals surface area contributed by atoms with Crippen LogP contribution in [0.3, 0.4) is 0 Å². The first-order chi connectivity index (χ1) is 10.6. The van der Waals surface area contributed by atoms with Gasteiger partial charge in [0.05, 0.1) is 5.69 Å². The topological polar surface area (TPSA) is 49.4 Å². The van der Waals surface area contributed by atoms with Gasteiger partial charge in [-0.15, -0.1) is 0 Å². The molecule has 2 aliphatic rings. The second-order valence-corrected chi connectivity index (χ2v) is 7.05. The van der Waals surface area contributed by atoms with Crippen molar-refractivity contribution in [2.75, 3.05) is 18.4 Å². The van der Waals surface area contributed by atoms with Crippen molar-refractivity contribution in [3.8, 4) is 0 Å². The van der Waals surface area contributed by atoms with Crippen LogP contribution in [0.15, 0.2) is 28.7 Å². The normalized spacial score (nSPS) is 19.6. The van der Waals surface area contributed by atoms with Gasteiger partial charge in [-0.05, 0) is 53.7 Å². The van der Waals surface area contributed by atoms with E-state index in [0.717, 1.165) is 35.8 Å². The molecule has 2 fully saturated rings. The van der Waals surface area contributed by atoms with E-state index >= 15 is 0 Å².